The SMILES string of the molecule is CCn1c(C(C)Nc2cncc(-n3cncn3)n2)nc2ccccc21. The predicted octanol–water partition coefficient (Wildman–Crippen LogP) is 2.60. The summed E-state index contributed by atoms with van der Waals surface area (Å²) < 4.78 is 3.78. The Kier molecular flexibility index (Phi) is 3.85. The van der Waals surface area contributed by atoms with Crippen LogP contribution in [0.2, 0.25) is 0 Å². The third-order valence-corrected chi connectivity index (χ3v) is 4.03. The third-order valence-electron chi connectivity index (χ3n) is 4.03. The molecule has 8 heteroatoms. The molecule has 4 aromatic rings. The number of imidazole rings is 1. The summed E-state index contributed by atoms with van der Waals surface area (Å²) in [7, 11) is 0. The van der Waals surface area contributed by atoms with Crippen LogP contribution in [0.3, 0.4) is 0 Å². The van der Waals surface area contributed by atoms with Crippen molar-refractivity contribution in [1.29, 1.82) is 0 Å². The first-order valence-electron chi connectivity index (χ1n) is 8.15. The Balaban J connectivity index is 1.64. The van der Waals surface area contributed by atoms with E-state index in [2.05, 4.69) is 49.8 Å². The van der Waals surface area contributed by atoms with E-state index in [1.54, 1.807) is 23.4 Å². The fraction of sp³-hybridized carbons (Fsp3) is 0.235. The van der Waals surface area contributed by atoms with Gasteiger partial charge in [0.15, 0.2) is 5.82 Å². The molecule has 0 bridgehead atoms. The molecule has 0 radical (unpaired) electrons. The van der Waals surface area contributed by atoms with Crippen LogP contribution in [0.15, 0.2) is 49.3 Å². The highest BCUT2D eigenvalue weighted by molar-refractivity contribution is 5.76. The molecule has 1 atom stereocenters. The van der Waals surface area contributed by atoms with Crippen molar-refractivity contribution in [2.24, 2.45) is 0 Å². The van der Waals surface area contributed by atoms with Crippen LogP contribution >= 0.6 is 0 Å². The number of benzene rings is 1. The lowest BCUT2D eigenvalue weighted by atomic mass is 10.3. The largest absolute Gasteiger partial charge is 0.359 e. The van der Waals surface area contributed by atoms with Gasteiger partial charge in [0.05, 0.1) is 29.5 Å². The van der Waals surface area contributed by atoms with Crippen LogP contribution in [-0.2, 0) is 6.54 Å². The minimum absolute atomic E-state index is 0.0207. The molecule has 0 aliphatic rings. The molecule has 8 nitrogen and oxygen atoms in total. The van der Waals surface area contributed by atoms with E-state index in [0.29, 0.717) is 11.6 Å². The lowest BCUT2D eigenvalue weighted by Gasteiger charge is -2.16. The Hall–Kier alpha value is -3.29. The molecule has 25 heavy (non-hydrogen) atoms. The van der Waals surface area contributed by atoms with E-state index in [-0.39, 0.29) is 6.04 Å². The molecule has 0 saturated carbocycles. The number of rotatable bonds is 5. The fourth-order valence-corrected chi connectivity index (χ4v) is 2.91. The van der Waals surface area contributed by atoms with Crippen LogP contribution in [0.25, 0.3) is 16.9 Å². The number of hydrogen-bond donors (Lipinski definition) is 1. The summed E-state index contributed by atoms with van der Waals surface area (Å²) in [5, 5.41) is 7.46. The summed E-state index contributed by atoms with van der Waals surface area (Å²) in [4.78, 5) is 17.5. The zero-order valence-corrected chi connectivity index (χ0v) is 14.0. The van der Waals surface area contributed by atoms with Crippen LogP contribution in [0.1, 0.15) is 25.7 Å². The molecular weight excluding hydrogens is 316 g/mol. The minimum atomic E-state index is -0.0207. The summed E-state index contributed by atoms with van der Waals surface area (Å²) in [5.74, 6) is 2.24. The Morgan fingerprint density at radius 1 is 1.12 bits per heavy atom. The lowest BCUT2D eigenvalue weighted by Crippen LogP contribution is -2.15. The van der Waals surface area contributed by atoms with Gasteiger partial charge >= 0.3 is 0 Å². The van der Waals surface area contributed by atoms with Gasteiger partial charge in [0.2, 0.25) is 0 Å². The first-order chi connectivity index (χ1) is 12.3. The van der Waals surface area contributed by atoms with Crippen molar-refractivity contribution in [3.63, 3.8) is 0 Å². The quantitative estimate of drug-likeness (QED) is 0.604. The van der Waals surface area contributed by atoms with Crippen LogP contribution in [-0.4, -0.2) is 34.3 Å². The number of nitrogens with zero attached hydrogens (tertiary/aromatic N) is 7. The Morgan fingerprint density at radius 2 is 2.00 bits per heavy atom. The number of anilines is 1. The van der Waals surface area contributed by atoms with Crippen molar-refractivity contribution in [2.75, 3.05) is 5.32 Å². The second-order valence-electron chi connectivity index (χ2n) is 5.67. The van der Waals surface area contributed by atoms with Gasteiger partial charge in [0.1, 0.15) is 24.3 Å². The van der Waals surface area contributed by atoms with E-state index in [1.807, 2.05) is 18.2 Å². The maximum Gasteiger partial charge on any atom is 0.175 e. The van der Waals surface area contributed by atoms with Gasteiger partial charge in [-0.25, -0.2) is 19.6 Å². The second kappa shape index (κ2) is 6.31. The van der Waals surface area contributed by atoms with Gasteiger partial charge in [-0.1, -0.05) is 12.1 Å². The van der Waals surface area contributed by atoms with Gasteiger partial charge < -0.3 is 9.88 Å². The van der Waals surface area contributed by atoms with Crippen LogP contribution in [0, 0.1) is 0 Å². The number of para-hydroxylation sites is 2. The monoisotopic (exact) mass is 334 g/mol. The van der Waals surface area contributed by atoms with E-state index in [4.69, 9.17) is 4.98 Å². The number of aromatic nitrogens is 7. The molecule has 126 valence electrons. The molecule has 1 N–H and O–H groups in total. The van der Waals surface area contributed by atoms with Crippen molar-refractivity contribution in [3.8, 4) is 5.82 Å². The van der Waals surface area contributed by atoms with Crippen LogP contribution < -0.4 is 5.32 Å². The number of fused-ring (bicyclic) bond motifs is 1. The summed E-state index contributed by atoms with van der Waals surface area (Å²) >= 11 is 0. The Bertz CT molecular complexity index is 989. The molecule has 0 aliphatic carbocycles. The topological polar surface area (TPSA) is 86.3 Å². The van der Waals surface area contributed by atoms with Gasteiger partial charge in [-0.15, -0.1) is 0 Å². The highest BCUT2D eigenvalue weighted by atomic mass is 15.3. The molecule has 1 aromatic carbocycles. The number of hydrogen-bond acceptors (Lipinski definition) is 6. The summed E-state index contributed by atoms with van der Waals surface area (Å²) in [6.07, 6.45) is 6.39. The van der Waals surface area contributed by atoms with E-state index in [9.17, 15) is 0 Å². The highest BCUT2D eigenvalue weighted by Gasteiger charge is 2.16. The molecule has 1 unspecified atom stereocenters. The van der Waals surface area contributed by atoms with Crippen molar-refractivity contribution in [3.05, 3.63) is 55.1 Å². The maximum atomic E-state index is 4.78. The Labute approximate surface area is 144 Å². The highest BCUT2D eigenvalue weighted by Crippen LogP contribution is 2.23. The molecule has 0 fully saturated rings. The van der Waals surface area contributed by atoms with Crippen molar-refractivity contribution < 1.29 is 0 Å². The third kappa shape index (κ3) is 2.82. The van der Waals surface area contributed by atoms with Crippen LogP contribution in [0.4, 0.5) is 5.82 Å². The molecule has 4 rings (SSSR count). The van der Waals surface area contributed by atoms with Gasteiger partial charge in [0.25, 0.3) is 0 Å². The standard InChI is InChI=1S/C17H18N8/c1-3-24-14-7-5-4-6-13(14)22-17(24)12(2)21-15-8-18-9-16(23-15)25-11-19-10-20-25/h4-12H,3H2,1-2H3,(H,21,23). The molecule has 3 aromatic heterocycles. The second-order valence-corrected chi connectivity index (χ2v) is 5.67. The van der Waals surface area contributed by atoms with E-state index in [0.717, 1.165) is 23.4 Å². The number of nitrogens with one attached hydrogen (secondary N) is 1. The van der Waals surface area contributed by atoms with E-state index >= 15 is 0 Å². The van der Waals surface area contributed by atoms with Gasteiger partial charge in [-0.2, -0.15) is 5.10 Å². The molecule has 0 aliphatic heterocycles. The van der Waals surface area contributed by atoms with Gasteiger partial charge in [-0.05, 0) is 26.0 Å². The lowest BCUT2D eigenvalue weighted by molar-refractivity contribution is 0.671. The van der Waals surface area contributed by atoms with Crippen LogP contribution in [0.5, 0.6) is 0 Å². The number of aryl methyl sites for hydroxylation is 1. The van der Waals surface area contributed by atoms with E-state index in [1.165, 1.54) is 6.33 Å². The first kappa shape index (κ1) is 15.3. The fourth-order valence-electron chi connectivity index (χ4n) is 2.91. The smallest absolute Gasteiger partial charge is 0.175 e. The first-order valence-corrected chi connectivity index (χ1v) is 8.15. The zero-order valence-electron chi connectivity index (χ0n) is 14.0. The summed E-state index contributed by atoms with van der Waals surface area (Å²) in [5.41, 5.74) is 2.13. The molecule has 0 spiro atoms. The molecule has 0 saturated heterocycles. The van der Waals surface area contributed by atoms with Gasteiger partial charge in [-0.3, -0.25) is 4.98 Å². The minimum Gasteiger partial charge on any atom is -0.359 e. The average Bonchev–Trinajstić information content (AvgIpc) is 3.29. The van der Waals surface area contributed by atoms with Gasteiger partial charge in [0, 0.05) is 6.54 Å². The molecule has 0 amide bonds. The predicted molar refractivity (Wildman–Crippen MR) is 94.4 cm³/mol. The maximum absolute atomic E-state index is 4.78. The molecular formula is C17H18N8. The van der Waals surface area contributed by atoms with E-state index < -0.39 is 0 Å². The molecule has 3 heterocycles. The Morgan fingerprint density at radius 3 is 2.80 bits per heavy atom. The summed E-state index contributed by atoms with van der Waals surface area (Å²) in [6, 6.07) is 8.14. The zero-order chi connectivity index (χ0) is 17.2. The average molecular weight is 334 g/mol. The van der Waals surface area contributed by atoms with Crippen molar-refractivity contribution in [2.45, 2.75) is 26.4 Å². The van der Waals surface area contributed by atoms with Crippen molar-refractivity contribution >= 4 is 16.9 Å². The summed E-state index contributed by atoms with van der Waals surface area (Å²) in [6.45, 7) is 5.04. The van der Waals surface area contributed by atoms with Crippen molar-refractivity contribution in [1.82, 2.24) is 34.3 Å². The normalized spacial score (nSPS) is 12.4.